The zero-order valence-electron chi connectivity index (χ0n) is 21.3. The summed E-state index contributed by atoms with van der Waals surface area (Å²) in [6.07, 6.45) is 15.1. The highest BCUT2D eigenvalue weighted by atomic mass is 16.5. The number of hydrogen-bond donors (Lipinski definition) is 0. The van der Waals surface area contributed by atoms with Crippen LogP contribution >= 0.6 is 0 Å². The maximum Gasteiger partial charge on any atom is 0.123 e. The number of rotatable bonds is 10. The normalized spacial score (nSPS) is 17.6. The van der Waals surface area contributed by atoms with Gasteiger partial charge in [-0.1, -0.05) is 50.6 Å². The Kier molecular flexibility index (Phi) is 9.90. The van der Waals surface area contributed by atoms with Crippen molar-refractivity contribution < 1.29 is 9.47 Å². The van der Waals surface area contributed by atoms with Crippen molar-refractivity contribution in [2.24, 2.45) is 0 Å². The Bertz CT molecular complexity index is 930. The van der Waals surface area contributed by atoms with Gasteiger partial charge in [0.25, 0.3) is 0 Å². The molecular weight excluding hydrogens is 394 g/mol. The standard InChI is InChI=1S/C29H41NO2/c1-9-12-14-24(13-10-2)25-15-16-27(22(5)17-25)30(20-21(4)11-3)26-18-28(31-7)23(6)29(19-26)32-8/h12-18,20,26H,9-11,19H2,1-8H3/b14-12+,21-20-,24-13+. The molecule has 0 spiro atoms. The van der Waals surface area contributed by atoms with Crippen molar-refractivity contribution in [3.63, 3.8) is 0 Å². The molecule has 0 aliphatic heterocycles. The Balaban J connectivity index is 2.54. The molecule has 1 aromatic rings. The molecule has 3 nitrogen and oxygen atoms in total. The van der Waals surface area contributed by atoms with Crippen LogP contribution in [0.4, 0.5) is 5.69 Å². The molecule has 0 saturated carbocycles. The number of methoxy groups -OCH3 is 2. The lowest BCUT2D eigenvalue weighted by Gasteiger charge is -2.34. The van der Waals surface area contributed by atoms with Gasteiger partial charge in [-0.15, -0.1) is 0 Å². The van der Waals surface area contributed by atoms with Crippen molar-refractivity contribution in [2.45, 2.75) is 73.3 Å². The summed E-state index contributed by atoms with van der Waals surface area (Å²) < 4.78 is 11.4. The predicted octanol–water partition coefficient (Wildman–Crippen LogP) is 8.10. The molecule has 1 atom stereocenters. The average molecular weight is 436 g/mol. The maximum atomic E-state index is 5.72. The molecule has 1 unspecified atom stereocenters. The number of anilines is 1. The molecule has 0 heterocycles. The minimum Gasteiger partial charge on any atom is -0.501 e. The van der Waals surface area contributed by atoms with Crippen LogP contribution in [0.1, 0.15) is 71.4 Å². The summed E-state index contributed by atoms with van der Waals surface area (Å²) in [7, 11) is 3.48. The van der Waals surface area contributed by atoms with Crippen LogP contribution in [0.3, 0.4) is 0 Å². The molecule has 32 heavy (non-hydrogen) atoms. The van der Waals surface area contributed by atoms with E-state index in [9.17, 15) is 0 Å². The summed E-state index contributed by atoms with van der Waals surface area (Å²) in [4.78, 5) is 2.38. The molecule has 0 amide bonds. The lowest BCUT2D eigenvalue weighted by molar-refractivity contribution is 0.244. The van der Waals surface area contributed by atoms with Crippen LogP contribution in [0, 0.1) is 6.92 Å². The first kappa shape index (κ1) is 25.6. The minimum absolute atomic E-state index is 0.125. The summed E-state index contributed by atoms with van der Waals surface area (Å²) >= 11 is 0. The predicted molar refractivity (Wildman–Crippen MR) is 139 cm³/mol. The number of aryl methyl sites for hydroxylation is 1. The molecule has 0 aromatic heterocycles. The minimum atomic E-state index is 0.125. The average Bonchev–Trinajstić information content (AvgIpc) is 2.80. The fourth-order valence-electron chi connectivity index (χ4n) is 4.02. The molecule has 1 aliphatic carbocycles. The topological polar surface area (TPSA) is 21.7 Å². The summed E-state index contributed by atoms with van der Waals surface area (Å²) in [5.41, 5.74) is 7.43. The summed E-state index contributed by atoms with van der Waals surface area (Å²) in [6.45, 7) is 13.0. The van der Waals surface area contributed by atoms with E-state index in [4.69, 9.17) is 9.47 Å². The van der Waals surface area contributed by atoms with Gasteiger partial charge in [0.05, 0.1) is 20.3 Å². The van der Waals surface area contributed by atoms with Crippen molar-refractivity contribution in [3.8, 4) is 0 Å². The largest absolute Gasteiger partial charge is 0.501 e. The molecule has 0 saturated heterocycles. The Hall–Kier alpha value is -2.68. The van der Waals surface area contributed by atoms with E-state index in [0.717, 1.165) is 42.8 Å². The smallest absolute Gasteiger partial charge is 0.123 e. The van der Waals surface area contributed by atoms with Gasteiger partial charge in [-0.05, 0) is 74.9 Å². The zero-order chi connectivity index (χ0) is 23.7. The Morgan fingerprint density at radius 1 is 1.09 bits per heavy atom. The van der Waals surface area contributed by atoms with Crippen molar-refractivity contribution in [3.05, 3.63) is 82.5 Å². The molecular formula is C29H41NO2. The Morgan fingerprint density at radius 2 is 1.84 bits per heavy atom. The van der Waals surface area contributed by atoms with Gasteiger partial charge in [-0.25, -0.2) is 0 Å². The SMILES string of the molecule is CC/C=C/C(=C\CC)c1ccc(N(/C=C(/C)CC)C2C=C(OC)C(C)=C(OC)C2)c(C)c1. The molecule has 3 heteroatoms. The Morgan fingerprint density at radius 3 is 2.41 bits per heavy atom. The highest BCUT2D eigenvalue weighted by Crippen LogP contribution is 2.34. The van der Waals surface area contributed by atoms with E-state index < -0.39 is 0 Å². The van der Waals surface area contributed by atoms with Crippen molar-refractivity contribution in [2.75, 3.05) is 19.1 Å². The highest BCUT2D eigenvalue weighted by molar-refractivity contribution is 5.76. The van der Waals surface area contributed by atoms with Gasteiger partial charge in [-0.3, -0.25) is 0 Å². The molecule has 0 radical (unpaired) electrons. The van der Waals surface area contributed by atoms with Crippen LogP contribution in [0.5, 0.6) is 0 Å². The fourth-order valence-corrected chi connectivity index (χ4v) is 4.02. The van der Waals surface area contributed by atoms with E-state index >= 15 is 0 Å². The summed E-state index contributed by atoms with van der Waals surface area (Å²) in [6, 6.07) is 6.93. The van der Waals surface area contributed by atoms with Gasteiger partial charge in [0.2, 0.25) is 0 Å². The van der Waals surface area contributed by atoms with Crippen molar-refractivity contribution >= 4 is 11.3 Å². The van der Waals surface area contributed by atoms with Gasteiger partial charge in [0.15, 0.2) is 0 Å². The lowest BCUT2D eigenvalue weighted by atomic mass is 9.96. The van der Waals surface area contributed by atoms with Crippen LogP contribution in [0.2, 0.25) is 0 Å². The van der Waals surface area contributed by atoms with E-state index in [2.05, 4.69) is 95.1 Å². The maximum absolute atomic E-state index is 5.72. The number of hydrogen-bond acceptors (Lipinski definition) is 3. The first-order valence-corrected chi connectivity index (χ1v) is 11.8. The van der Waals surface area contributed by atoms with Gasteiger partial charge in [-0.2, -0.15) is 0 Å². The van der Waals surface area contributed by atoms with Crippen molar-refractivity contribution in [1.82, 2.24) is 0 Å². The van der Waals surface area contributed by atoms with Crippen LogP contribution in [0.15, 0.2) is 71.4 Å². The molecule has 1 aliphatic rings. The van der Waals surface area contributed by atoms with Crippen molar-refractivity contribution in [1.29, 1.82) is 0 Å². The van der Waals surface area contributed by atoms with Gasteiger partial charge < -0.3 is 14.4 Å². The van der Waals surface area contributed by atoms with Gasteiger partial charge >= 0.3 is 0 Å². The molecule has 0 bridgehead atoms. The van der Waals surface area contributed by atoms with Gasteiger partial charge in [0.1, 0.15) is 11.5 Å². The Labute approximate surface area is 195 Å². The second-order valence-corrected chi connectivity index (χ2v) is 8.37. The first-order valence-electron chi connectivity index (χ1n) is 11.8. The number of nitrogens with zero attached hydrogens (tertiary/aromatic N) is 1. The quantitative estimate of drug-likeness (QED) is 0.347. The monoisotopic (exact) mass is 435 g/mol. The summed E-state index contributed by atoms with van der Waals surface area (Å²) in [5, 5.41) is 0. The molecule has 174 valence electrons. The third kappa shape index (κ3) is 6.18. The van der Waals surface area contributed by atoms with E-state index in [1.165, 1.54) is 28.0 Å². The molecule has 2 rings (SSSR count). The third-order valence-corrected chi connectivity index (χ3v) is 6.03. The highest BCUT2D eigenvalue weighted by Gasteiger charge is 2.26. The van der Waals surface area contributed by atoms with Gasteiger partial charge in [0, 0.05) is 23.9 Å². The first-order chi connectivity index (χ1) is 15.4. The van der Waals surface area contributed by atoms with E-state index in [-0.39, 0.29) is 6.04 Å². The third-order valence-electron chi connectivity index (χ3n) is 6.03. The lowest BCUT2D eigenvalue weighted by Crippen LogP contribution is -2.33. The summed E-state index contributed by atoms with van der Waals surface area (Å²) in [5.74, 6) is 1.87. The zero-order valence-corrected chi connectivity index (χ0v) is 21.3. The second-order valence-electron chi connectivity index (χ2n) is 8.37. The van der Waals surface area contributed by atoms with E-state index in [0.29, 0.717) is 0 Å². The van der Waals surface area contributed by atoms with Crippen LogP contribution < -0.4 is 4.90 Å². The number of benzene rings is 1. The van der Waals surface area contributed by atoms with E-state index in [1.807, 2.05) is 0 Å². The molecule has 0 N–H and O–H groups in total. The second kappa shape index (κ2) is 12.4. The van der Waals surface area contributed by atoms with Crippen LogP contribution in [0.25, 0.3) is 5.57 Å². The number of ether oxygens (including phenoxy) is 2. The molecule has 1 aromatic carbocycles. The number of allylic oxidation sites excluding steroid dienone is 6. The fraction of sp³-hybridized carbons (Fsp3) is 0.448. The van der Waals surface area contributed by atoms with Crippen LogP contribution in [-0.2, 0) is 9.47 Å². The van der Waals surface area contributed by atoms with E-state index in [1.54, 1.807) is 14.2 Å². The molecule has 0 fully saturated rings. The van der Waals surface area contributed by atoms with Crippen LogP contribution in [-0.4, -0.2) is 20.3 Å².